The Morgan fingerprint density at radius 1 is 0.732 bits per heavy atom. The SMILES string of the molecule is Cc1cc(C)c(N2[CH-]N(c3c(C)cc(C)cc3C)CC2)c(C)c1.Oc1ccccc1C=Nc1ccccc1[CH]=[Ru][Cl]. The maximum atomic E-state index is 9.65. The van der Waals surface area contributed by atoms with Crippen molar-refractivity contribution in [1.29, 1.82) is 0 Å². The maximum absolute atomic E-state index is 9.65. The Kier molecular flexibility index (Phi) is 10.5. The molecular weight excluding hydrogens is 615 g/mol. The number of aromatic hydroxyl groups is 1. The molecule has 4 aromatic rings. The van der Waals surface area contributed by atoms with Crippen LogP contribution in [0, 0.1) is 48.2 Å². The van der Waals surface area contributed by atoms with E-state index >= 15 is 0 Å². The van der Waals surface area contributed by atoms with Gasteiger partial charge in [0.05, 0.1) is 0 Å². The van der Waals surface area contributed by atoms with E-state index in [0.29, 0.717) is 5.56 Å². The van der Waals surface area contributed by atoms with E-state index in [9.17, 15) is 5.11 Å². The van der Waals surface area contributed by atoms with Crippen LogP contribution < -0.4 is 9.80 Å². The molecule has 0 unspecified atom stereocenters. The van der Waals surface area contributed by atoms with E-state index in [1.165, 1.54) is 44.8 Å². The van der Waals surface area contributed by atoms with E-state index in [4.69, 9.17) is 9.69 Å². The third-order valence-electron chi connectivity index (χ3n) is 7.07. The monoisotopic (exact) mass is 653 g/mol. The molecule has 4 aromatic carbocycles. The van der Waals surface area contributed by atoms with Gasteiger partial charge in [-0.15, -0.1) is 0 Å². The fraction of sp³-hybridized carbons (Fsp3) is 0.229. The van der Waals surface area contributed by atoms with Gasteiger partial charge < -0.3 is 9.80 Å². The van der Waals surface area contributed by atoms with Crippen LogP contribution in [0.2, 0.25) is 0 Å². The Bertz CT molecular complexity index is 1470. The van der Waals surface area contributed by atoms with Gasteiger partial charge in [-0.2, -0.15) is 6.67 Å². The van der Waals surface area contributed by atoms with E-state index in [0.717, 1.165) is 24.3 Å². The van der Waals surface area contributed by atoms with Crippen molar-refractivity contribution in [3.05, 3.63) is 124 Å². The summed E-state index contributed by atoms with van der Waals surface area (Å²) in [6.07, 6.45) is 1.66. The van der Waals surface area contributed by atoms with E-state index in [1.807, 2.05) is 41.0 Å². The Morgan fingerprint density at radius 2 is 1.20 bits per heavy atom. The van der Waals surface area contributed by atoms with Crippen LogP contribution in [0.4, 0.5) is 17.1 Å². The number of phenolic OH excluding ortho intramolecular Hbond substituents is 1. The summed E-state index contributed by atoms with van der Waals surface area (Å²) in [5.74, 6) is 0.228. The molecule has 1 aliphatic heterocycles. The van der Waals surface area contributed by atoms with Gasteiger partial charge in [-0.25, -0.2) is 0 Å². The molecule has 0 radical (unpaired) electrons. The zero-order chi connectivity index (χ0) is 29.5. The fourth-order valence-corrected chi connectivity index (χ4v) is 6.68. The second-order valence-electron chi connectivity index (χ2n) is 10.6. The summed E-state index contributed by atoms with van der Waals surface area (Å²) in [6.45, 7) is 17.6. The van der Waals surface area contributed by atoms with E-state index < -0.39 is 0 Å². The van der Waals surface area contributed by atoms with Gasteiger partial charge in [0.2, 0.25) is 0 Å². The van der Waals surface area contributed by atoms with E-state index in [-0.39, 0.29) is 21.4 Å². The van der Waals surface area contributed by atoms with Gasteiger partial charge in [-0.3, -0.25) is 0 Å². The standard InChI is InChI=1S/C21H27N2.C14H11NO.ClH.Ru/c1-14-9-16(3)20(17(4)10-14)22-7-8-23(13-22)21-18(5)11-15(2)12-19(21)6;1-11-6-2-4-8-13(11)15-10-12-7-3-5-9-14(12)16;;/h9-13H,7-8H2,1-6H3;1-10,16H;1H;/q-1;;;+1/p-1. The van der Waals surface area contributed by atoms with Crippen molar-refractivity contribution in [1.82, 2.24) is 0 Å². The third-order valence-corrected chi connectivity index (χ3v) is 8.26. The molecular formula is C35H38ClN3ORu-. The van der Waals surface area contributed by atoms with Crippen molar-refractivity contribution in [2.75, 3.05) is 22.9 Å². The van der Waals surface area contributed by atoms with Gasteiger partial charge in [0.15, 0.2) is 0 Å². The molecule has 5 rings (SSSR count). The molecule has 1 heterocycles. The predicted molar refractivity (Wildman–Crippen MR) is 173 cm³/mol. The summed E-state index contributed by atoms with van der Waals surface area (Å²) in [5.41, 5.74) is 13.4. The van der Waals surface area contributed by atoms with Crippen LogP contribution in [0.1, 0.15) is 44.5 Å². The van der Waals surface area contributed by atoms with Gasteiger partial charge in [0, 0.05) is 24.5 Å². The average molecular weight is 653 g/mol. The van der Waals surface area contributed by atoms with Crippen LogP contribution in [0.15, 0.2) is 77.8 Å². The minimum atomic E-state index is -0.276. The second-order valence-corrected chi connectivity index (χ2v) is 12.3. The Labute approximate surface area is 256 Å². The summed E-state index contributed by atoms with van der Waals surface area (Å²) >= 11 is -0.276. The number of phenols is 1. The van der Waals surface area contributed by atoms with Crippen LogP contribution in [-0.2, 0) is 15.7 Å². The number of rotatable bonds is 5. The molecule has 1 fully saturated rings. The molecule has 1 N–H and O–H groups in total. The van der Waals surface area contributed by atoms with E-state index in [1.54, 1.807) is 18.3 Å². The van der Waals surface area contributed by atoms with Crippen LogP contribution in [0.5, 0.6) is 5.75 Å². The molecule has 1 saturated heterocycles. The zero-order valence-corrected chi connectivity index (χ0v) is 27.1. The number of halogens is 1. The van der Waals surface area contributed by atoms with Crippen molar-refractivity contribution in [2.24, 2.45) is 4.99 Å². The van der Waals surface area contributed by atoms with Crippen molar-refractivity contribution >= 4 is 37.6 Å². The van der Waals surface area contributed by atoms with Gasteiger partial charge in [-0.1, -0.05) is 35.4 Å². The Hall–Kier alpha value is -3.27. The quantitative estimate of drug-likeness (QED) is 0.133. The van der Waals surface area contributed by atoms with Crippen LogP contribution in [0.3, 0.4) is 0 Å². The summed E-state index contributed by atoms with van der Waals surface area (Å²) < 4.78 is 1.99. The molecule has 0 atom stereocenters. The number of benzene rings is 4. The van der Waals surface area contributed by atoms with Crippen molar-refractivity contribution in [2.45, 2.75) is 41.5 Å². The zero-order valence-electron chi connectivity index (χ0n) is 24.6. The van der Waals surface area contributed by atoms with Gasteiger partial charge in [-0.05, 0) is 63.8 Å². The van der Waals surface area contributed by atoms with Crippen LogP contribution in [0.25, 0.3) is 0 Å². The minimum absolute atomic E-state index is 0.228. The third kappa shape index (κ3) is 7.73. The second kappa shape index (κ2) is 14.1. The average Bonchev–Trinajstić information content (AvgIpc) is 3.37. The van der Waals surface area contributed by atoms with Crippen LogP contribution in [-0.4, -0.2) is 29.0 Å². The number of aryl methyl sites for hydroxylation is 6. The first-order valence-corrected chi connectivity index (χ1v) is 16.9. The Balaban J connectivity index is 0.000000195. The molecule has 215 valence electrons. The van der Waals surface area contributed by atoms with Gasteiger partial charge in [0.1, 0.15) is 0 Å². The topological polar surface area (TPSA) is 39.1 Å². The van der Waals surface area contributed by atoms with Crippen molar-refractivity contribution in [3.8, 4) is 5.75 Å². The number of anilines is 2. The number of hydrogen-bond donors (Lipinski definition) is 1. The van der Waals surface area contributed by atoms with Crippen molar-refractivity contribution < 1.29 is 20.8 Å². The fourth-order valence-electron chi connectivity index (χ4n) is 5.56. The number of hydrogen-bond acceptors (Lipinski definition) is 4. The molecule has 1 aliphatic rings. The van der Waals surface area contributed by atoms with E-state index in [2.05, 4.69) is 87.3 Å². The molecule has 0 aromatic heterocycles. The molecule has 0 bridgehead atoms. The van der Waals surface area contributed by atoms with Gasteiger partial charge in [0.25, 0.3) is 0 Å². The summed E-state index contributed by atoms with van der Waals surface area (Å²) in [4.78, 5) is 9.21. The van der Waals surface area contributed by atoms with Gasteiger partial charge >= 0.3 is 117 Å². The first kappa shape index (κ1) is 30.7. The molecule has 0 saturated carbocycles. The summed E-state index contributed by atoms with van der Waals surface area (Å²) in [6, 6.07) is 24.0. The first-order chi connectivity index (χ1) is 19.7. The molecule has 6 heteroatoms. The molecule has 4 nitrogen and oxygen atoms in total. The molecule has 0 spiro atoms. The predicted octanol–water partition coefficient (Wildman–Crippen LogP) is 8.51. The number of aliphatic imine (C=N–C) groups is 1. The molecule has 0 aliphatic carbocycles. The molecule has 41 heavy (non-hydrogen) atoms. The number of para-hydroxylation sites is 2. The van der Waals surface area contributed by atoms with Crippen molar-refractivity contribution in [3.63, 3.8) is 0 Å². The first-order valence-electron chi connectivity index (χ1n) is 13.7. The Morgan fingerprint density at radius 3 is 1.68 bits per heavy atom. The summed E-state index contributed by atoms with van der Waals surface area (Å²) in [5, 5.41) is 9.65. The molecule has 0 amide bonds. The normalized spacial score (nSPS) is 13.4. The number of nitrogens with zero attached hydrogens (tertiary/aromatic N) is 3. The van der Waals surface area contributed by atoms with Crippen LogP contribution >= 0.6 is 9.69 Å². The summed E-state index contributed by atoms with van der Waals surface area (Å²) in [7, 11) is 5.79.